The number of carbonyl (C=O) groups excluding carboxylic acids is 1. The van der Waals surface area contributed by atoms with Crippen molar-refractivity contribution in [2.24, 2.45) is 0 Å². The number of aromatic nitrogens is 3. The van der Waals surface area contributed by atoms with Gasteiger partial charge in [-0.1, -0.05) is 24.3 Å². The van der Waals surface area contributed by atoms with Crippen molar-refractivity contribution >= 4 is 16.9 Å². The molecule has 1 amide bonds. The molecule has 1 atom stereocenters. The van der Waals surface area contributed by atoms with Gasteiger partial charge in [0.05, 0.1) is 11.4 Å². The van der Waals surface area contributed by atoms with Gasteiger partial charge in [0.25, 0.3) is 11.5 Å². The topological polar surface area (TPSA) is 98.9 Å². The molecule has 4 rings (SSSR count). The summed E-state index contributed by atoms with van der Waals surface area (Å²) in [5.41, 5.74) is 2.02. The first-order valence-electron chi connectivity index (χ1n) is 7.98. The van der Waals surface area contributed by atoms with Gasteiger partial charge in [0.2, 0.25) is 0 Å². The van der Waals surface area contributed by atoms with Gasteiger partial charge < -0.3 is 4.90 Å². The van der Waals surface area contributed by atoms with Gasteiger partial charge in [-0.05, 0) is 36.6 Å². The van der Waals surface area contributed by atoms with E-state index in [0.717, 1.165) is 11.1 Å². The van der Waals surface area contributed by atoms with E-state index in [2.05, 4.69) is 15.0 Å². The van der Waals surface area contributed by atoms with Crippen LogP contribution in [0.25, 0.3) is 11.0 Å². The van der Waals surface area contributed by atoms with Gasteiger partial charge in [-0.2, -0.15) is 0 Å². The Morgan fingerprint density at radius 2 is 2.00 bits per heavy atom. The van der Waals surface area contributed by atoms with Crippen LogP contribution in [0.15, 0.2) is 39.9 Å². The van der Waals surface area contributed by atoms with Crippen LogP contribution < -0.4 is 11.2 Å². The molecule has 0 bridgehead atoms. The summed E-state index contributed by atoms with van der Waals surface area (Å²) in [6, 6.07) is 9.47. The van der Waals surface area contributed by atoms with Crippen molar-refractivity contribution in [3.63, 3.8) is 0 Å². The van der Waals surface area contributed by atoms with Gasteiger partial charge in [-0.15, -0.1) is 0 Å². The number of nitrogens with zero attached hydrogens (tertiary/aromatic N) is 2. The van der Waals surface area contributed by atoms with Crippen molar-refractivity contribution < 1.29 is 4.79 Å². The first-order chi connectivity index (χ1) is 12.0. The number of pyridine rings is 1. The van der Waals surface area contributed by atoms with E-state index in [4.69, 9.17) is 0 Å². The van der Waals surface area contributed by atoms with Crippen molar-refractivity contribution in [1.82, 2.24) is 19.9 Å². The van der Waals surface area contributed by atoms with Gasteiger partial charge in [-0.25, -0.2) is 9.78 Å². The maximum absolute atomic E-state index is 13.0. The Labute approximate surface area is 142 Å². The Morgan fingerprint density at radius 3 is 2.76 bits per heavy atom. The van der Waals surface area contributed by atoms with Crippen molar-refractivity contribution in [2.75, 3.05) is 0 Å². The summed E-state index contributed by atoms with van der Waals surface area (Å²) in [5.74, 6) is -0.227. The molecule has 0 spiro atoms. The summed E-state index contributed by atoms with van der Waals surface area (Å²) in [6.45, 7) is 4.21. The number of hydrogen-bond acceptors (Lipinski definition) is 4. The minimum atomic E-state index is -0.643. The number of nitrogens with one attached hydrogen (secondary N) is 2. The fourth-order valence-corrected chi connectivity index (χ4v) is 3.43. The van der Waals surface area contributed by atoms with E-state index in [-0.39, 0.29) is 28.7 Å². The lowest BCUT2D eigenvalue weighted by molar-refractivity contribution is 0.0699. The smallest absolute Gasteiger partial charge is 0.326 e. The van der Waals surface area contributed by atoms with Crippen LogP contribution in [-0.2, 0) is 6.54 Å². The molecule has 0 saturated carbocycles. The first kappa shape index (κ1) is 15.3. The molecule has 0 radical (unpaired) electrons. The average molecular weight is 336 g/mol. The largest absolute Gasteiger partial charge is 0.327 e. The average Bonchev–Trinajstić information content (AvgIpc) is 2.90. The highest BCUT2D eigenvalue weighted by molar-refractivity contribution is 5.95. The van der Waals surface area contributed by atoms with Crippen LogP contribution in [0.4, 0.5) is 0 Å². The van der Waals surface area contributed by atoms with E-state index in [1.807, 2.05) is 31.2 Å². The van der Waals surface area contributed by atoms with Gasteiger partial charge >= 0.3 is 5.69 Å². The number of hydrogen-bond donors (Lipinski definition) is 2. The summed E-state index contributed by atoms with van der Waals surface area (Å²) in [5, 5.41) is 0.286. The number of aryl methyl sites for hydroxylation is 1. The highest BCUT2D eigenvalue weighted by Crippen LogP contribution is 2.34. The lowest BCUT2D eigenvalue weighted by Gasteiger charge is -2.21. The van der Waals surface area contributed by atoms with Crippen LogP contribution >= 0.6 is 0 Å². The Hall–Kier alpha value is -3.22. The molecule has 2 aromatic heterocycles. The Balaban J connectivity index is 1.79. The molecule has 0 aliphatic carbocycles. The fourth-order valence-electron chi connectivity index (χ4n) is 3.43. The summed E-state index contributed by atoms with van der Waals surface area (Å²) >= 11 is 0. The molecule has 126 valence electrons. The minimum Gasteiger partial charge on any atom is -0.326 e. The summed E-state index contributed by atoms with van der Waals surface area (Å²) in [7, 11) is 0. The third-order valence-corrected chi connectivity index (χ3v) is 4.70. The van der Waals surface area contributed by atoms with Gasteiger partial charge in [0, 0.05) is 6.54 Å². The third-order valence-electron chi connectivity index (χ3n) is 4.70. The Bertz CT molecular complexity index is 1130. The highest BCUT2D eigenvalue weighted by Gasteiger charge is 2.31. The number of aromatic amines is 2. The zero-order valence-electron chi connectivity index (χ0n) is 13.8. The fraction of sp³-hybridized carbons (Fsp3) is 0.222. The second kappa shape index (κ2) is 5.41. The van der Waals surface area contributed by atoms with Gasteiger partial charge in [-0.3, -0.25) is 19.6 Å². The van der Waals surface area contributed by atoms with Crippen LogP contribution in [-0.4, -0.2) is 25.8 Å². The summed E-state index contributed by atoms with van der Waals surface area (Å²) < 4.78 is 0. The van der Waals surface area contributed by atoms with Crippen LogP contribution in [0.5, 0.6) is 0 Å². The van der Waals surface area contributed by atoms with E-state index < -0.39 is 11.2 Å². The zero-order valence-corrected chi connectivity index (χ0v) is 13.8. The van der Waals surface area contributed by atoms with Crippen LogP contribution in [0.1, 0.15) is 40.1 Å². The van der Waals surface area contributed by atoms with Crippen molar-refractivity contribution in [3.05, 3.63) is 73.6 Å². The number of benzene rings is 1. The SMILES string of the molecule is Cc1cc(C(=O)N2Cc3ccccc3C2C)nc2[nH]c(=O)[nH]c(=O)c12. The number of H-pyrrole nitrogens is 2. The van der Waals surface area contributed by atoms with Crippen molar-refractivity contribution in [3.8, 4) is 0 Å². The van der Waals surface area contributed by atoms with Gasteiger partial charge in [0.1, 0.15) is 11.3 Å². The predicted molar refractivity (Wildman–Crippen MR) is 92.5 cm³/mol. The van der Waals surface area contributed by atoms with E-state index in [9.17, 15) is 14.4 Å². The van der Waals surface area contributed by atoms with E-state index >= 15 is 0 Å². The molecule has 1 aromatic carbocycles. The monoisotopic (exact) mass is 336 g/mol. The highest BCUT2D eigenvalue weighted by atomic mass is 16.2. The Kier molecular flexibility index (Phi) is 3.31. The second-order valence-electron chi connectivity index (χ2n) is 6.26. The number of amides is 1. The first-order valence-corrected chi connectivity index (χ1v) is 7.98. The summed E-state index contributed by atoms with van der Waals surface area (Å²) in [6.07, 6.45) is 0. The van der Waals surface area contributed by atoms with Crippen LogP contribution in [0.2, 0.25) is 0 Å². The molecule has 7 heteroatoms. The molecule has 7 nitrogen and oxygen atoms in total. The number of fused-ring (bicyclic) bond motifs is 2. The lowest BCUT2D eigenvalue weighted by Crippen LogP contribution is -2.30. The molecule has 2 N–H and O–H groups in total. The minimum absolute atomic E-state index is 0.0558. The molecule has 1 unspecified atom stereocenters. The zero-order chi connectivity index (χ0) is 17.7. The molecule has 0 saturated heterocycles. The molecule has 1 aliphatic rings. The number of carbonyl (C=O) groups is 1. The lowest BCUT2D eigenvalue weighted by atomic mass is 10.1. The molecule has 3 aromatic rings. The van der Waals surface area contributed by atoms with E-state index in [0.29, 0.717) is 12.1 Å². The second-order valence-corrected chi connectivity index (χ2v) is 6.26. The number of rotatable bonds is 1. The van der Waals surface area contributed by atoms with E-state index in [1.54, 1.807) is 17.9 Å². The molecule has 3 heterocycles. The normalized spacial score (nSPS) is 16.2. The standard InChI is InChI=1S/C18H16N4O3/c1-9-7-13(19-15-14(9)16(23)21-18(25)20-15)17(24)22-8-11-5-3-4-6-12(11)10(22)2/h3-7,10H,8H2,1-2H3,(H2,19,20,21,23,25). The van der Waals surface area contributed by atoms with Crippen molar-refractivity contribution in [2.45, 2.75) is 26.4 Å². The maximum atomic E-state index is 13.0. The molecule has 25 heavy (non-hydrogen) atoms. The molecule has 0 fully saturated rings. The quantitative estimate of drug-likeness (QED) is 0.705. The van der Waals surface area contributed by atoms with Crippen molar-refractivity contribution in [1.29, 1.82) is 0 Å². The molecular formula is C18H16N4O3. The molecule has 1 aliphatic heterocycles. The molecular weight excluding hydrogens is 320 g/mol. The maximum Gasteiger partial charge on any atom is 0.327 e. The Morgan fingerprint density at radius 1 is 1.24 bits per heavy atom. The van der Waals surface area contributed by atoms with Crippen LogP contribution in [0, 0.1) is 6.92 Å². The van der Waals surface area contributed by atoms with Crippen LogP contribution in [0.3, 0.4) is 0 Å². The third kappa shape index (κ3) is 2.36. The predicted octanol–water partition coefficient (Wildman–Crippen LogP) is 1.64. The summed E-state index contributed by atoms with van der Waals surface area (Å²) in [4.78, 5) is 47.1. The van der Waals surface area contributed by atoms with Gasteiger partial charge in [0.15, 0.2) is 0 Å². The van der Waals surface area contributed by atoms with E-state index in [1.165, 1.54) is 0 Å².